The molecule has 2 aromatic carbocycles. The van der Waals surface area contributed by atoms with Crippen molar-refractivity contribution in [3.05, 3.63) is 59.7 Å². The number of hydrogen-bond acceptors (Lipinski definition) is 3. The normalized spacial score (nSPS) is 19.5. The molecule has 2 aliphatic rings. The maximum absolute atomic E-state index is 12.7. The summed E-state index contributed by atoms with van der Waals surface area (Å²) in [5.74, 6) is 1.12. The molecule has 1 aliphatic carbocycles. The Morgan fingerprint density at radius 2 is 1.90 bits per heavy atom. The van der Waals surface area contributed by atoms with Gasteiger partial charge < -0.3 is 19.9 Å². The molecule has 1 saturated heterocycles. The van der Waals surface area contributed by atoms with Crippen LogP contribution in [-0.2, 0) is 11.2 Å². The summed E-state index contributed by atoms with van der Waals surface area (Å²) in [6.07, 6.45) is 3.31. The van der Waals surface area contributed by atoms with E-state index in [2.05, 4.69) is 46.6 Å². The fourth-order valence-corrected chi connectivity index (χ4v) is 4.61. The number of ether oxygens (including phenoxy) is 1. The van der Waals surface area contributed by atoms with Crippen molar-refractivity contribution < 1.29 is 14.4 Å². The van der Waals surface area contributed by atoms with Crippen molar-refractivity contribution in [2.75, 3.05) is 44.2 Å². The van der Waals surface area contributed by atoms with Crippen LogP contribution in [0.5, 0.6) is 5.75 Å². The third-order valence-electron chi connectivity index (χ3n) is 6.09. The molecule has 2 aromatic rings. The van der Waals surface area contributed by atoms with E-state index < -0.39 is 0 Å². The molecule has 154 valence electrons. The van der Waals surface area contributed by atoms with E-state index >= 15 is 0 Å². The molecular formula is C24H32N3O2+. The Bertz CT molecular complexity index is 830. The van der Waals surface area contributed by atoms with Gasteiger partial charge in [0.05, 0.1) is 44.5 Å². The number of nitrogens with zero attached hydrogens (tertiary/aromatic N) is 1. The Balaban J connectivity index is 1.30. The number of benzene rings is 2. The van der Waals surface area contributed by atoms with Crippen LogP contribution in [0.15, 0.2) is 48.5 Å². The van der Waals surface area contributed by atoms with E-state index in [0.29, 0.717) is 13.2 Å². The second-order valence-electron chi connectivity index (χ2n) is 8.03. The Hall–Kier alpha value is -2.53. The van der Waals surface area contributed by atoms with E-state index in [0.717, 1.165) is 56.9 Å². The molecule has 1 amide bonds. The molecule has 5 nitrogen and oxygen atoms in total. The van der Waals surface area contributed by atoms with Crippen LogP contribution >= 0.6 is 0 Å². The van der Waals surface area contributed by atoms with Crippen LogP contribution < -0.4 is 19.9 Å². The smallest absolute Gasteiger partial charge is 0.275 e. The number of anilines is 1. The number of para-hydroxylation sites is 2. The first-order valence-electron chi connectivity index (χ1n) is 10.9. The number of rotatable bonds is 6. The third kappa shape index (κ3) is 4.73. The number of carbonyl (C=O) groups excluding carboxylic acids is 1. The van der Waals surface area contributed by atoms with Gasteiger partial charge >= 0.3 is 0 Å². The van der Waals surface area contributed by atoms with Gasteiger partial charge in [0.15, 0.2) is 6.54 Å². The second-order valence-corrected chi connectivity index (χ2v) is 8.03. The van der Waals surface area contributed by atoms with Crippen molar-refractivity contribution >= 4 is 11.6 Å². The maximum Gasteiger partial charge on any atom is 0.275 e. The van der Waals surface area contributed by atoms with Crippen LogP contribution in [0.1, 0.15) is 36.9 Å². The standard InChI is InChI=1S/C24H31N3O2/c1-2-29-23-13-6-5-12-22(23)27-16-14-26(15-17-27)18-24(28)25-21-11-7-9-19-8-3-4-10-20(19)21/h3-6,8,10,12-13,21H,2,7,9,11,14-18H2,1H3,(H,25,28)/p+1/t21-/m0/s1. The first-order valence-corrected chi connectivity index (χ1v) is 10.9. The summed E-state index contributed by atoms with van der Waals surface area (Å²) < 4.78 is 5.78. The summed E-state index contributed by atoms with van der Waals surface area (Å²) in [7, 11) is 0. The van der Waals surface area contributed by atoms with Crippen LogP contribution in [0.2, 0.25) is 0 Å². The lowest BCUT2D eigenvalue weighted by Gasteiger charge is -2.34. The van der Waals surface area contributed by atoms with Crippen molar-refractivity contribution in [2.45, 2.75) is 32.2 Å². The number of amides is 1. The van der Waals surface area contributed by atoms with E-state index in [4.69, 9.17) is 4.74 Å². The molecule has 4 rings (SSSR count). The van der Waals surface area contributed by atoms with Crippen LogP contribution in [-0.4, -0.2) is 45.2 Å². The summed E-state index contributed by atoms with van der Waals surface area (Å²) in [6, 6.07) is 16.9. The van der Waals surface area contributed by atoms with Gasteiger partial charge in [-0.3, -0.25) is 4.79 Å². The molecule has 1 fully saturated rings. The highest BCUT2D eigenvalue weighted by Crippen LogP contribution is 2.29. The Labute approximate surface area is 173 Å². The summed E-state index contributed by atoms with van der Waals surface area (Å²) in [6.45, 7) is 7.07. The van der Waals surface area contributed by atoms with E-state index in [9.17, 15) is 4.79 Å². The van der Waals surface area contributed by atoms with Crippen molar-refractivity contribution in [3.63, 3.8) is 0 Å². The number of aryl methyl sites for hydroxylation is 1. The number of fused-ring (bicyclic) bond motifs is 1. The number of carbonyl (C=O) groups is 1. The quantitative estimate of drug-likeness (QED) is 0.788. The van der Waals surface area contributed by atoms with Gasteiger partial charge in [-0.1, -0.05) is 36.4 Å². The van der Waals surface area contributed by atoms with Crippen LogP contribution in [0.4, 0.5) is 5.69 Å². The Morgan fingerprint density at radius 3 is 2.72 bits per heavy atom. The third-order valence-corrected chi connectivity index (χ3v) is 6.09. The largest absolute Gasteiger partial charge is 0.492 e. The molecule has 0 saturated carbocycles. The van der Waals surface area contributed by atoms with Gasteiger partial charge in [-0.25, -0.2) is 0 Å². The number of nitrogens with one attached hydrogen (secondary N) is 2. The van der Waals surface area contributed by atoms with Gasteiger partial charge in [0.2, 0.25) is 0 Å². The number of hydrogen-bond donors (Lipinski definition) is 2. The van der Waals surface area contributed by atoms with Gasteiger partial charge in [0, 0.05) is 0 Å². The molecular weight excluding hydrogens is 362 g/mol. The van der Waals surface area contributed by atoms with Gasteiger partial charge in [-0.05, 0) is 49.4 Å². The lowest BCUT2D eigenvalue weighted by molar-refractivity contribution is -0.892. The Kier molecular flexibility index (Phi) is 6.35. The lowest BCUT2D eigenvalue weighted by Crippen LogP contribution is -3.16. The number of quaternary nitrogens is 1. The minimum absolute atomic E-state index is 0.171. The van der Waals surface area contributed by atoms with Gasteiger partial charge in [0.1, 0.15) is 5.75 Å². The molecule has 1 heterocycles. The predicted octanol–water partition coefficient (Wildman–Crippen LogP) is 1.98. The fraction of sp³-hybridized carbons (Fsp3) is 0.458. The van der Waals surface area contributed by atoms with Crippen molar-refractivity contribution in [1.82, 2.24) is 5.32 Å². The van der Waals surface area contributed by atoms with E-state index in [1.54, 1.807) is 0 Å². The first-order chi connectivity index (χ1) is 14.2. The molecule has 5 heteroatoms. The highest BCUT2D eigenvalue weighted by molar-refractivity contribution is 5.77. The molecule has 2 N–H and O–H groups in total. The monoisotopic (exact) mass is 394 g/mol. The molecule has 29 heavy (non-hydrogen) atoms. The summed E-state index contributed by atoms with van der Waals surface area (Å²) >= 11 is 0. The fourth-order valence-electron chi connectivity index (χ4n) is 4.61. The SMILES string of the molecule is CCOc1ccccc1N1CC[NH+](CC(=O)N[C@H]2CCCc3ccccc32)CC1. The van der Waals surface area contributed by atoms with Crippen LogP contribution in [0, 0.1) is 0 Å². The van der Waals surface area contributed by atoms with E-state index in [1.807, 2.05) is 19.1 Å². The minimum atomic E-state index is 0.171. The molecule has 1 aliphatic heterocycles. The van der Waals surface area contributed by atoms with Gasteiger partial charge in [-0.2, -0.15) is 0 Å². The Morgan fingerprint density at radius 1 is 1.14 bits per heavy atom. The minimum Gasteiger partial charge on any atom is -0.492 e. The molecule has 0 bridgehead atoms. The van der Waals surface area contributed by atoms with Gasteiger partial charge in [-0.15, -0.1) is 0 Å². The van der Waals surface area contributed by atoms with Crippen LogP contribution in [0.3, 0.4) is 0 Å². The van der Waals surface area contributed by atoms with E-state index in [-0.39, 0.29) is 11.9 Å². The highest BCUT2D eigenvalue weighted by Gasteiger charge is 2.26. The number of piperazine rings is 1. The van der Waals surface area contributed by atoms with E-state index in [1.165, 1.54) is 16.0 Å². The van der Waals surface area contributed by atoms with Crippen molar-refractivity contribution in [1.29, 1.82) is 0 Å². The zero-order valence-electron chi connectivity index (χ0n) is 17.3. The zero-order chi connectivity index (χ0) is 20.1. The van der Waals surface area contributed by atoms with Crippen molar-refractivity contribution in [2.24, 2.45) is 0 Å². The summed E-state index contributed by atoms with van der Waals surface area (Å²) in [5.41, 5.74) is 3.86. The molecule has 0 unspecified atom stereocenters. The molecule has 0 radical (unpaired) electrons. The second kappa shape index (κ2) is 9.31. The highest BCUT2D eigenvalue weighted by atomic mass is 16.5. The maximum atomic E-state index is 12.7. The molecule has 1 atom stereocenters. The topological polar surface area (TPSA) is 46.0 Å². The summed E-state index contributed by atoms with van der Waals surface area (Å²) in [4.78, 5) is 16.5. The lowest BCUT2D eigenvalue weighted by atomic mass is 9.88. The predicted molar refractivity (Wildman–Crippen MR) is 116 cm³/mol. The van der Waals surface area contributed by atoms with Crippen molar-refractivity contribution in [3.8, 4) is 5.75 Å². The molecule has 0 spiro atoms. The van der Waals surface area contributed by atoms with Gasteiger partial charge in [0.25, 0.3) is 5.91 Å². The zero-order valence-corrected chi connectivity index (χ0v) is 17.3. The van der Waals surface area contributed by atoms with Crippen LogP contribution in [0.25, 0.3) is 0 Å². The first kappa shape index (κ1) is 19.8. The average Bonchev–Trinajstić information content (AvgIpc) is 2.75. The summed E-state index contributed by atoms with van der Waals surface area (Å²) in [5, 5.41) is 3.30. The average molecular weight is 395 g/mol. The molecule has 0 aromatic heterocycles.